The molecule has 3 atom stereocenters. The van der Waals surface area contributed by atoms with E-state index in [0.717, 1.165) is 11.1 Å². The smallest absolute Gasteiger partial charge is 0.242 e. The average Bonchev–Trinajstić information content (AvgIpc) is 3.22. The Bertz CT molecular complexity index is 801. The van der Waals surface area contributed by atoms with Gasteiger partial charge in [-0.05, 0) is 30.5 Å². The van der Waals surface area contributed by atoms with Gasteiger partial charge in [0.1, 0.15) is 0 Å². The lowest BCUT2D eigenvalue weighted by atomic mass is 9.73. The van der Waals surface area contributed by atoms with Crippen molar-refractivity contribution in [3.05, 3.63) is 35.4 Å². The zero-order valence-electron chi connectivity index (χ0n) is 16.4. The summed E-state index contributed by atoms with van der Waals surface area (Å²) in [5.41, 5.74) is 2.11. The molecule has 3 aliphatic rings. The molecular formula is C23H28N2O3. The lowest BCUT2D eigenvalue weighted by Gasteiger charge is -2.58. The molecule has 2 amide bonds. The third-order valence-corrected chi connectivity index (χ3v) is 6.48. The molecule has 2 saturated heterocycles. The molecule has 0 aromatic heterocycles. The minimum absolute atomic E-state index is 0.0109. The van der Waals surface area contributed by atoms with E-state index in [1.54, 1.807) is 9.80 Å². The van der Waals surface area contributed by atoms with Gasteiger partial charge in [0.15, 0.2) is 0 Å². The van der Waals surface area contributed by atoms with E-state index in [2.05, 4.69) is 24.0 Å². The SMILES string of the molecule is CCC(=O)N1CC(=O)N2[C@H](C1)[C@@H](c1ccc(C#CC3CCCC3)cc1)[C@@H]2CO. The second-order valence-electron chi connectivity index (χ2n) is 8.14. The summed E-state index contributed by atoms with van der Waals surface area (Å²) < 4.78 is 0. The molecule has 1 aromatic carbocycles. The fourth-order valence-electron chi connectivity index (χ4n) is 4.96. The summed E-state index contributed by atoms with van der Waals surface area (Å²) in [6, 6.07) is 7.95. The molecule has 2 aliphatic heterocycles. The molecule has 1 aliphatic carbocycles. The second-order valence-corrected chi connectivity index (χ2v) is 8.14. The molecule has 0 radical (unpaired) electrons. The quantitative estimate of drug-likeness (QED) is 0.818. The Labute approximate surface area is 166 Å². The molecular weight excluding hydrogens is 352 g/mol. The van der Waals surface area contributed by atoms with Gasteiger partial charge in [0.25, 0.3) is 0 Å². The standard InChI is InChI=1S/C23H28N2O3/c1-2-21(27)24-13-19-23(20(15-26)25(19)22(28)14-24)18-11-9-17(10-12-18)8-7-16-5-3-4-6-16/h9-12,16,19-20,23,26H,2-6,13-15H2,1H3/t19-,20+,23-/m1/s1. The number of hydrogen-bond acceptors (Lipinski definition) is 3. The summed E-state index contributed by atoms with van der Waals surface area (Å²) in [6.45, 7) is 2.43. The first kappa shape index (κ1) is 19.0. The molecule has 148 valence electrons. The number of amides is 2. The summed E-state index contributed by atoms with van der Waals surface area (Å²) in [5.74, 6) is 7.21. The fourth-order valence-corrected chi connectivity index (χ4v) is 4.96. The Morgan fingerprint density at radius 3 is 2.57 bits per heavy atom. The van der Waals surface area contributed by atoms with Gasteiger partial charge in [-0.2, -0.15) is 0 Å². The van der Waals surface area contributed by atoms with Crippen molar-refractivity contribution in [1.29, 1.82) is 0 Å². The third-order valence-electron chi connectivity index (χ3n) is 6.48. The lowest BCUT2D eigenvalue weighted by Crippen LogP contribution is -2.73. The van der Waals surface area contributed by atoms with Crippen LogP contribution in [0.3, 0.4) is 0 Å². The van der Waals surface area contributed by atoms with Gasteiger partial charge < -0.3 is 14.9 Å². The summed E-state index contributed by atoms with van der Waals surface area (Å²) in [7, 11) is 0. The molecule has 0 unspecified atom stereocenters. The molecule has 1 aromatic rings. The highest BCUT2D eigenvalue weighted by molar-refractivity contribution is 5.87. The summed E-state index contributed by atoms with van der Waals surface area (Å²) >= 11 is 0. The topological polar surface area (TPSA) is 60.9 Å². The number of carbonyl (C=O) groups excluding carboxylic acids is 2. The Morgan fingerprint density at radius 2 is 1.93 bits per heavy atom. The zero-order chi connectivity index (χ0) is 19.7. The highest BCUT2D eigenvalue weighted by Gasteiger charge is 2.54. The molecule has 2 heterocycles. The van der Waals surface area contributed by atoms with Crippen LogP contribution in [0, 0.1) is 17.8 Å². The molecule has 1 saturated carbocycles. The predicted molar refractivity (Wildman–Crippen MR) is 106 cm³/mol. The van der Waals surface area contributed by atoms with Crippen LogP contribution in [-0.2, 0) is 9.59 Å². The van der Waals surface area contributed by atoms with Crippen LogP contribution in [0.2, 0.25) is 0 Å². The number of nitrogens with zero attached hydrogens (tertiary/aromatic N) is 2. The van der Waals surface area contributed by atoms with Gasteiger partial charge in [-0.3, -0.25) is 9.59 Å². The molecule has 1 N–H and O–H groups in total. The maximum Gasteiger partial charge on any atom is 0.242 e. The van der Waals surface area contributed by atoms with Gasteiger partial charge in [-0.15, -0.1) is 0 Å². The van der Waals surface area contributed by atoms with Crippen molar-refractivity contribution in [2.75, 3.05) is 19.7 Å². The van der Waals surface area contributed by atoms with Gasteiger partial charge in [0, 0.05) is 30.4 Å². The van der Waals surface area contributed by atoms with E-state index in [-0.39, 0.29) is 43.0 Å². The molecule has 4 rings (SSSR count). The predicted octanol–water partition coefficient (Wildman–Crippen LogP) is 2.14. The van der Waals surface area contributed by atoms with Crippen LogP contribution in [0.4, 0.5) is 0 Å². The molecule has 5 nitrogen and oxygen atoms in total. The Morgan fingerprint density at radius 1 is 1.21 bits per heavy atom. The van der Waals surface area contributed by atoms with Crippen molar-refractivity contribution in [3.63, 3.8) is 0 Å². The van der Waals surface area contributed by atoms with E-state index in [4.69, 9.17) is 0 Å². The highest BCUT2D eigenvalue weighted by Crippen LogP contribution is 2.42. The maximum atomic E-state index is 12.5. The molecule has 3 fully saturated rings. The van der Waals surface area contributed by atoms with E-state index in [0.29, 0.717) is 18.9 Å². The molecule has 28 heavy (non-hydrogen) atoms. The van der Waals surface area contributed by atoms with Crippen molar-refractivity contribution in [2.45, 2.75) is 57.0 Å². The first-order valence-electron chi connectivity index (χ1n) is 10.4. The van der Waals surface area contributed by atoms with Crippen LogP contribution in [-0.4, -0.2) is 58.5 Å². The van der Waals surface area contributed by atoms with Crippen LogP contribution >= 0.6 is 0 Å². The number of aliphatic hydroxyl groups excluding tert-OH is 1. The van der Waals surface area contributed by atoms with E-state index < -0.39 is 0 Å². The van der Waals surface area contributed by atoms with Gasteiger partial charge in [0.05, 0.1) is 25.2 Å². The van der Waals surface area contributed by atoms with Crippen LogP contribution in [0.25, 0.3) is 0 Å². The number of fused-ring (bicyclic) bond motifs is 1. The van der Waals surface area contributed by atoms with Gasteiger partial charge in [-0.25, -0.2) is 0 Å². The number of piperazine rings is 1. The fraction of sp³-hybridized carbons (Fsp3) is 0.565. The average molecular weight is 380 g/mol. The number of carbonyl (C=O) groups is 2. The largest absolute Gasteiger partial charge is 0.394 e. The van der Waals surface area contributed by atoms with Crippen LogP contribution in [0.5, 0.6) is 0 Å². The Kier molecular flexibility index (Phi) is 5.41. The lowest BCUT2D eigenvalue weighted by molar-refractivity contribution is -0.166. The third kappa shape index (κ3) is 3.42. The number of aliphatic hydroxyl groups is 1. The van der Waals surface area contributed by atoms with E-state index in [9.17, 15) is 14.7 Å². The molecule has 0 spiro atoms. The van der Waals surface area contributed by atoms with E-state index >= 15 is 0 Å². The van der Waals surface area contributed by atoms with Gasteiger partial charge in [0.2, 0.25) is 11.8 Å². The second kappa shape index (κ2) is 7.97. The van der Waals surface area contributed by atoms with Crippen molar-refractivity contribution < 1.29 is 14.7 Å². The zero-order valence-corrected chi connectivity index (χ0v) is 16.4. The van der Waals surface area contributed by atoms with Gasteiger partial charge in [-0.1, -0.05) is 43.7 Å². The summed E-state index contributed by atoms with van der Waals surface area (Å²) in [6.07, 6.45) is 5.41. The van der Waals surface area contributed by atoms with Crippen molar-refractivity contribution in [2.24, 2.45) is 5.92 Å². The Balaban J connectivity index is 1.50. The van der Waals surface area contributed by atoms with Crippen LogP contribution in [0.15, 0.2) is 24.3 Å². The maximum absolute atomic E-state index is 12.5. The van der Waals surface area contributed by atoms with Crippen molar-refractivity contribution in [1.82, 2.24) is 9.80 Å². The monoisotopic (exact) mass is 380 g/mol. The number of benzene rings is 1. The van der Waals surface area contributed by atoms with Gasteiger partial charge >= 0.3 is 0 Å². The first-order chi connectivity index (χ1) is 13.6. The van der Waals surface area contributed by atoms with E-state index in [1.165, 1.54) is 25.7 Å². The molecule has 5 heteroatoms. The summed E-state index contributed by atoms with van der Waals surface area (Å²) in [4.78, 5) is 28.0. The number of hydrogen-bond donors (Lipinski definition) is 1. The minimum Gasteiger partial charge on any atom is -0.394 e. The van der Waals surface area contributed by atoms with Crippen LogP contribution < -0.4 is 0 Å². The minimum atomic E-state index is -0.202. The number of rotatable bonds is 3. The normalized spacial score (nSPS) is 27.1. The van der Waals surface area contributed by atoms with Crippen molar-refractivity contribution in [3.8, 4) is 11.8 Å². The molecule has 0 bridgehead atoms. The van der Waals surface area contributed by atoms with E-state index in [1.807, 2.05) is 19.1 Å². The highest BCUT2D eigenvalue weighted by atomic mass is 16.3. The van der Waals surface area contributed by atoms with Crippen LogP contribution in [0.1, 0.15) is 56.1 Å². The van der Waals surface area contributed by atoms with Crippen molar-refractivity contribution >= 4 is 11.8 Å². The first-order valence-corrected chi connectivity index (χ1v) is 10.4. The Hall–Kier alpha value is -2.32. The summed E-state index contributed by atoms with van der Waals surface area (Å²) in [5, 5.41) is 9.86.